The summed E-state index contributed by atoms with van der Waals surface area (Å²) in [5.74, 6) is 0.910. The molecule has 84 valence electrons. The molecule has 0 bridgehead atoms. The SMILES string of the molecule is C=C1C(=O)O[C@@H](C)C[C@@H]1C1CCCCC1. The average Bonchev–Trinajstić information content (AvgIpc) is 2.24. The molecule has 1 saturated heterocycles. The van der Waals surface area contributed by atoms with E-state index in [0.717, 1.165) is 12.0 Å². The molecule has 1 aliphatic heterocycles. The molecule has 0 spiro atoms. The van der Waals surface area contributed by atoms with Crippen molar-refractivity contribution >= 4 is 5.97 Å². The van der Waals surface area contributed by atoms with E-state index in [4.69, 9.17) is 4.74 Å². The zero-order valence-corrected chi connectivity index (χ0v) is 9.50. The standard InChI is InChI=1S/C13H20O2/c1-9-8-12(10(2)13(14)15-9)11-6-4-3-5-7-11/h9,11-12H,2-8H2,1H3/t9-,12-/m0/s1. The van der Waals surface area contributed by atoms with Crippen molar-refractivity contribution in [3.05, 3.63) is 12.2 Å². The van der Waals surface area contributed by atoms with Crippen LogP contribution in [0.15, 0.2) is 12.2 Å². The van der Waals surface area contributed by atoms with E-state index in [9.17, 15) is 4.79 Å². The van der Waals surface area contributed by atoms with E-state index in [-0.39, 0.29) is 12.1 Å². The predicted molar refractivity (Wildman–Crippen MR) is 59.4 cm³/mol. The summed E-state index contributed by atoms with van der Waals surface area (Å²) in [5.41, 5.74) is 0.722. The number of hydrogen-bond acceptors (Lipinski definition) is 2. The molecule has 2 rings (SSSR count). The molecule has 2 fully saturated rings. The van der Waals surface area contributed by atoms with Gasteiger partial charge in [-0.15, -0.1) is 0 Å². The Hall–Kier alpha value is -0.790. The van der Waals surface area contributed by atoms with Crippen molar-refractivity contribution in [2.75, 3.05) is 0 Å². The van der Waals surface area contributed by atoms with E-state index >= 15 is 0 Å². The first kappa shape index (κ1) is 10.7. The van der Waals surface area contributed by atoms with Gasteiger partial charge in [-0.05, 0) is 38.0 Å². The lowest BCUT2D eigenvalue weighted by Gasteiger charge is -2.36. The summed E-state index contributed by atoms with van der Waals surface area (Å²) < 4.78 is 5.18. The van der Waals surface area contributed by atoms with Crippen molar-refractivity contribution in [3.8, 4) is 0 Å². The fourth-order valence-corrected chi connectivity index (χ4v) is 2.97. The van der Waals surface area contributed by atoms with Gasteiger partial charge in [0.1, 0.15) is 0 Å². The van der Waals surface area contributed by atoms with Crippen LogP contribution in [0.1, 0.15) is 45.4 Å². The van der Waals surface area contributed by atoms with E-state index in [1.54, 1.807) is 0 Å². The minimum atomic E-state index is -0.163. The Balaban J connectivity index is 2.05. The minimum absolute atomic E-state index is 0.0786. The summed E-state index contributed by atoms with van der Waals surface area (Å²) in [7, 11) is 0. The van der Waals surface area contributed by atoms with Gasteiger partial charge in [0.2, 0.25) is 0 Å². The number of hydrogen-bond donors (Lipinski definition) is 0. The normalized spacial score (nSPS) is 33.9. The third-order valence-corrected chi connectivity index (χ3v) is 3.82. The molecule has 0 amide bonds. The Kier molecular flexibility index (Phi) is 3.13. The lowest BCUT2D eigenvalue weighted by molar-refractivity contribution is -0.149. The Morgan fingerprint density at radius 3 is 2.60 bits per heavy atom. The van der Waals surface area contributed by atoms with Gasteiger partial charge in [0.25, 0.3) is 0 Å². The lowest BCUT2D eigenvalue weighted by atomic mass is 9.74. The number of esters is 1. The van der Waals surface area contributed by atoms with Gasteiger partial charge in [0.05, 0.1) is 6.10 Å². The molecule has 2 atom stereocenters. The minimum Gasteiger partial charge on any atom is -0.459 e. The molecule has 15 heavy (non-hydrogen) atoms. The van der Waals surface area contributed by atoms with Gasteiger partial charge < -0.3 is 4.74 Å². The Labute approximate surface area is 91.7 Å². The maximum absolute atomic E-state index is 11.5. The average molecular weight is 208 g/mol. The third-order valence-electron chi connectivity index (χ3n) is 3.82. The number of cyclic esters (lactones) is 1. The second-order valence-electron chi connectivity index (χ2n) is 4.98. The zero-order valence-electron chi connectivity index (χ0n) is 9.50. The highest BCUT2D eigenvalue weighted by Gasteiger charge is 2.35. The number of rotatable bonds is 1. The first-order valence-corrected chi connectivity index (χ1v) is 6.08. The van der Waals surface area contributed by atoms with Crippen LogP contribution < -0.4 is 0 Å². The van der Waals surface area contributed by atoms with E-state index in [2.05, 4.69) is 6.58 Å². The van der Waals surface area contributed by atoms with Crippen molar-refractivity contribution in [2.45, 2.75) is 51.6 Å². The molecule has 2 aliphatic rings. The molecule has 0 N–H and O–H groups in total. The maximum Gasteiger partial charge on any atom is 0.333 e. The molecule has 1 saturated carbocycles. The maximum atomic E-state index is 11.5. The first-order valence-electron chi connectivity index (χ1n) is 6.08. The molecule has 1 aliphatic carbocycles. The number of carbonyl (C=O) groups is 1. The van der Waals surface area contributed by atoms with E-state index in [1.807, 2.05) is 6.92 Å². The van der Waals surface area contributed by atoms with Crippen LogP contribution in [0, 0.1) is 11.8 Å². The van der Waals surface area contributed by atoms with Gasteiger partial charge in [-0.25, -0.2) is 4.79 Å². The lowest BCUT2D eigenvalue weighted by Crippen LogP contribution is -2.34. The fourth-order valence-electron chi connectivity index (χ4n) is 2.97. The molecular formula is C13H20O2. The van der Waals surface area contributed by atoms with Crippen LogP contribution in [0.3, 0.4) is 0 Å². The molecule has 0 radical (unpaired) electrons. The highest BCUT2D eigenvalue weighted by Crippen LogP contribution is 2.38. The second-order valence-corrected chi connectivity index (χ2v) is 4.98. The zero-order chi connectivity index (χ0) is 10.8. The van der Waals surface area contributed by atoms with Crippen molar-refractivity contribution in [1.82, 2.24) is 0 Å². The van der Waals surface area contributed by atoms with Gasteiger partial charge in [0, 0.05) is 5.57 Å². The topological polar surface area (TPSA) is 26.3 Å². The predicted octanol–water partition coefficient (Wildman–Crippen LogP) is 3.07. The van der Waals surface area contributed by atoms with Crippen molar-refractivity contribution in [1.29, 1.82) is 0 Å². The van der Waals surface area contributed by atoms with Crippen LogP contribution in [-0.2, 0) is 9.53 Å². The van der Waals surface area contributed by atoms with Crippen LogP contribution in [-0.4, -0.2) is 12.1 Å². The molecule has 0 aromatic carbocycles. The summed E-state index contributed by atoms with van der Waals surface area (Å²) in [6.45, 7) is 5.90. The third kappa shape index (κ3) is 2.24. The quantitative estimate of drug-likeness (QED) is 0.489. The molecule has 1 heterocycles. The number of carbonyl (C=O) groups excluding carboxylic acids is 1. The van der Waals surface area contributed by atoms with Crippen LogP contribution in [0.5, 0.6) is 0 Å². The summed E-state index contributed by atoms with van der Waals surface area (Å²) >= 11 is 0. The molecule has 0 aromatic heterocycles. The first-order chi connectivity index (χ1) is 7.18. The smallest absolute Gasteiger partial charge is 0.333 e. The van der Waals surface area contributed by atoms with E-state index in [1.165, 1.54) is 32.1 Å². The summed E-state index contributed by atoms with van der Waals surface area (Å²) in [6.07, 6.45) is 7.59. The largest absolute Gasteiger partial charge is 0.459 e. The molecule has 2 nitrogen and oxygen atoms in total. The van der Waals surface area contributed by atoms with Crippen LogP contribution >= 0.6 is 0 Å². The van der Waals surface area contributed by atoms with E-state index in [0.29, 0.717) is 11.8 Å². The Bertz CT molecular complexity index is 264. The highest BCUT2D eigenvalue weighted by molar-refractivity contribution is 5.89. The molecule has 0 aromatic rings. The Morgan fingerprint density at radius 1 is 1.27 bits per heavy atom. The molecular weight excluding hydrogens is 188 g/mol. The van der Waals surface area contributed by atoms with Gasteiger partial charge in [0.15, 0.2) is 0 Å². The van der Waals surface area contributed by atoms with Crippen molar-refractivity contribution in [2.24, 2.45) is 11.8 Å². The highest BCUT2D eigenvalue weighted by atomic mass is 16.5. The van der Waals surface area contributed by atoms with Crippen molar-refractivity contribution < 1.29 is 9.53 Å². The molecule has 0 unspecified atom stereocenters. The van der Waals surface area contributed by atoms with E-state index < -0.39 is 0 Å². The van der Waals surface area contributed by atoms with Gasteiger partial charge >= 0.3 is 5.97 Å². The Morgan fingerprint density at radius 2 is 1.93 bits per heavy atom. The van der Waals surface area contributed by atoms with Crippen LogP contribution in [0.4, 0.5) is 0 Å². The monoisotopic (exact) mass is 208 g/mol. The summed E-state index contributed by atoms with van der Waals surface area (Å²) in [4.78, 5) is 11.5. The summed E-state index contributed by atoms with van der Waals surface area (Å²) in [6, 6.07) is 0. The van der Waals surface area contributed by atoms with Gasteiger partial charge in [-0.2, -0.15) is 0 Å². The van der Waals surface area contributed by atoms with Crippen molar-refractivity contribution in [3.63, 3.8) is 0 Å². The summed E-state index contributed by atoms with van der Waals surface area (Å²) in [5, 5.41) is 0. The van der Waals surface area contributed by atoms with Gasteiger partial charge in [-0.1, -0.05) is 25.8 Å². The number of ether oxygens (including phenoxy) is 1. The fraction of sp³-hybridized carbons (Fsp3) is 0.769. The second kappa shape index (κ2) is 4.38. The molecule has 2 heteroatoms. The van der Waals surface area contributed by atoms with Crippen LogP contribution in [0.25, 0.3) is 0 Å². The van der Waals surface area contributed by atoms with Crippen LogP contribution in [0.2, 0.25) is 0 Å². The van der Waals surface area contributed by atoms with Gasteiger partial charge in [-0.3, -0.25) is 0 Å².